The molecule has 7 heteroatoms. The highest BCUT2D eigenvalue weighted by Crippen LogP contribution is 2.47. The Bertz CT molecular complexity index is 1150. The van der Waals surface area contributed by atoms with E-state index < -0.39 is 5.92 Å². The number of hydrogen-bond acceptors (Lipinski definition) is 7. The third-order valence-electron chi connectivity index (χ3n) is 6.30. The van der Waals surface area contributed by atoms with Crippen LogP contribution in [0.15, 0.2) is 58.3 Å². The second kappa shape index (κ2) is 10.1. The molecular formula is C27H31NO5S. The average molecular weight is 482 g/mol. The minimum atomic E-state index is -0.408. The van der Waals surface area contributed by atoms with E-state index in [0.29, 0.717) is 42.1 Å². The van der Waals surface area contributed by atoms with E-state index in [1.807, 2.05) is 56.5 Å². The molecule has 6 nitrogen and oxygen atoms in total. The maximum Gasteiger partial charge on any atom is 0.336 e. The van der Waals surface area contributed by atoms with Crippen LogP contribution in [0.3, 0.4) is 0 Å². The number of methoxy groups -OCH3 is 2. The van der Waals surface area contributed by atoms with Crippen LogP contribution in [-0.4, -0.2) is 32.6 Å². The molecule has 0 spiro atoms. The summed E-state index contributed by atoms with van der Waals surface area (Å²) < 4.78 is 16.4. The van der Waals surface area contributed by atoms with Crippen LogP contribution in [0.5, 0.6) is 11.5 Å². The van der Waals surface area contributed by atoms with Crippen molar-refractivity contribution in [3.8, 4) is 11.5 Å². The van der Waals surface area contributed by atoms with E-state index in [-0.39, 0.29) is 23.6 Å². The number of rotatable bonds is 7. The van der Waals surface area contributed by atoms with Crippen molar-refractivity contribution in [3.05, 3.63) is 68.7 Å². The van der Waals surface area contributed by atoms with Gasteiger partial charge in [-0.25, -0.2) is 4.79 Å². The predicted molar refractivity (Wildman–Crippen MR) is 132 cm³/mol. The minimum absolute atomic E-state index is 0.00443. The third-order valence-corrected chi connectivity index (χ3v) is 7.24. The molecule has 1 aromatic heterocycles. The highest BCUT2D eigenvalue weighted by Gasteiger charge is 2.42. The predicted octanol–water partition coefficient (Wildman–Crippen LogP) is 5.33. The lowest BCUT2D eigenvalue weighted by Crippen LogP contribution is -2.36. The Kier molecular flexibility index (Phi) is 7.12. The van der Waals surface area contributed by atoms with Gasteiger partial charge in [0.1, 0.15) is 0 Å². The molecule has 2 heterocycles. The van der Waals surface area contributed by atoms with Gasteiger partial charge in [-0.3, -0.25) is 4.79 Å². The number of benzene rings is 1. The average Bonchev–Trinajstić information content (AvgIpc) is 3.35. The molecule has 1 aliphatic heterocycles. The van der Waals surface area contributed by atoms with E-state index >= 15 is 0 Å². The van der Waals surface area contributed by atoms with Crippen LogP contribution in [-0.2, 0) is 14.3 Å². The molecule has 2 atom stereocenters. The summed E-state index contributed by atoms with van der Waals surface area (Å²) in [6.07, 6.45) is 1.04. The summed E-state index contributed by atoms with van der Waals surface area (Å²) in [6, 6.07) is 9.75. The number of ether oxygens (including phenoxy) is 3. The Morgan fingerprint density at radius 2 is 1.91 bits per heavy atom. The van der Waals surface area contributed by atoms with Gasteiger partial charge < -0.3 is 19.5 Å². The van der Waals surface area contributed by atoms with Crippen LogP contribution in [0.1, 0.15) is 55.9 Å². The lowest BCUT2D eigenvalue weighted by Gasteiger charge is -2.36. The van der Waals surface area contributed by atoms with Crippen LogP contribution in [0, 0.1) is 5.92 Å². The Morgan fingerprint density at radius 1 is 1.15 bits per heavy atom. The number of esters is 1. The Hall–Kier alpha value is -3.06. The zero-order valence-electron chi connectivity index (χ0n) is 20.3. The van der Waals surface area contributed by atoms with Crippen LogP contribution in [0.25, 0.3) is 0 Å². The van der Waals surface area contributed by atoms with E-state index in [4.69, 9.17) is 14.2 Å². The van der Waals surface area contributed by atoms with Crippen molar-refractivity contribution in [1.82, 2.24) is 5.32 Å². The quantitative estimate of drug-likeness (QED) is 0.539. The summed E-state index contributed by atoms with van der Waals surface area (Å²) in [5.41, 5.74) is 3.86. The summed E-state index contributed by atoms with van der Waals surface area (Å²) in [4.78, 5) is 27.7. The fourth-order valence-electron chi connectivity index (χ4n) is 4.71. The van der Waals surface area contributed by atoms with Gasteiger partial charge in [0.05, 0.1) is 32.3 Å². The number of ketones is 1. The number of carbonyl (C=O) groups is 2. The molecule has 1 aliphatic carbocycles. The molecule has 1 aromatic carbocycles. The first-order valence-electron chi connectivity index (χ1n) is 11.5. The van der Waals surface area contributed by atoms with Crippen molar-refractivity contribution in [3.63, 3.8) is 0 Å². The minimum Gasteiger partial charge on any atom is -0.493 e. The molecule has 2 aliphatic rings. The number of dihydropyridines is 1. The molecule has 0 amide bonds. The molecule has 34 heavy (non-hydrogen) atoms. The number of allylic oxidation sites excluding steroid dienone is 3. The summed E-state index contributed by atoms with van der Waals surface area (Å²) in [5.74, 6) is 0.818. The molecule has 0 saturated heterocycles. The molecule has 180 valence electrons. The second-order valence-corrected chi connectivity index (χ2v) is 10.1. The molecule has 4 rings (SSSR count). The van der Waals surface area contributed by atoms with Gasteiger partial charge in [-0.05, 0) is 54.3 Å². The summed E-state index contributed by atoms with van der Waals surface area (Å²) in [6.45, 7) is 6.24. The summed E-state index contributed by atoms with van der Waals surface area (Å²) in [7, 11) is 3.21. The van der Waals surface area contributed by atoms with Crippen LogP contribution < -0.4 is 14.8 Å². The fourth-order valence-corrected chi connectivity index (χ4v) is 5.56. The Balaban J connectivity index is 1.70. The maximum absolute atomic E-state index is 13.6. The highest BCUT2D eigenvalue weighted by atomic mass is 32.1. The van der Waals surface area contributed by atoms with Crippen molar-refractivity contribution in [2.75, 3.05) is 20.8 Å². The van der Waals surface area contributed by atoms with Crippen molar-refractivity contribution in [1.29, 1.82) is 0 Å². The lowest BCUT2D eigenvalue weighted by molar-refractivity contribution is -0.140. The van der Waals surface area contributed by atoms with Gasteiger partial charge in [0, 0.05) is 28.3 Å². The topological polar surface area (TPSA) is 73.9 Å². The van der Waals surface area contributed by atoms with Gasteiger partial charge in [0.2, 0.25) is 0 Å². The molecule has 2 aromatic rings. The molecule has 0 saturated carbocycles. The van der Waals surface area contributed by atoms with Gasteiger partial charge >= 0.3 is 5.97 Å². The van der Waals surface area contributed by atoms with E-state index in [1.165, 1.54) is 0 Å². The van der Waals surface area contributed by atoms with Crippen molar-refractivity contribution in [2.45, 2.75) is 45.4 Å². The van der Waals surface area contributed by atoms with Crippen molar-refractivity contribution in [2.24, 2.45) is 5.92 Å². The van der Waals surface area contributed by atoms with Gasteiger partial charge in [0.15, 0.2) is 17.3 Å². The monoisotopic (exact) mass is 481 g/mol. The van der Waals surface area contributed by atoms with E-state index in [0.717, 1.165) is 21.8 Å². The smallest absolute Gasteiger partial charge is 0.336 e. The second-order valence-electron chi connectivity index (χ2n) is 9.14. The zero-order chi connectivity index (χ0) is 24.4. The first kappa shape index (κ1) is 24.1. The van der Waals surface area contributed by atoms with E-state index in [1.54, 1.807) is 25.6 Å². The molecule has 0 fully saturated rings. The van der Waals surface area contributed by atoms with E-state index in [2.05, 4.69) is 5.32 Å². The molecular weight excluding hydrogens is 450 g/mol. The van der Waals surface area contributed by atoms with Crippen LogP contribution in [0.4, 0.5) is 0 Å². The molecule has 0 bridgehead atoms. The highest BCUT2D eigenvalue weighted by molar-refractivity contribution is 7.10. The van der Waals surface area contributed by atoms with Crippen molar-refractivity contribution >= 4 is 23.1 Å². The SMILES string of the molecule is COc1ccc([C@H]2CC(=O)C3=C(C2)NC(C)=C(C(=O)OCC(C)C)[C@@H]3c2cccs2)cc1OC. The maximum atomic E-state index is 13.6. The summed E-state index contributed by atoms with van der Waals surface area (Å²) in [5, 5.41) is 5.37. The fraction of sp³-hybridized carbons (Fsp3) is 0.407. The number of nitrogens with one attached hydrogen (secondary N) is 1. The number of carbonyl (C=O) groups excluding carboxylic acids is 2. The van der Waals surface area contributed by atoms with Gasteiger partial charge in [-0.15, -0.1) is 11.3 Å². The molecule has 0 unspecified atom stereocenters. The number of Topliss-reactive ketones (excluding diaryl/α,β-unsaturated/α-hetero) is 1. The zero-order valence-corrected chi connectivity index (χ0v) is 21.1. The first-order valence-corrected chi connectivity index (χ1v) is 12.4. The standard InChI is InChI=1S/C27H31NO5S/c1-15(2)14-33-27(30)24-16(3)28-19-11-18(17-8-9-21(31-4)22(13-17)32-5)12-20(29)25(19)26(24)23-7-6-10-34-23/h6-10,13,15,18,26,28H,11-12,14H2,1-5H3/t18-,26+/m1/s1. The Labute approximate surface area is 204 Å². The van der Waals surface area contributed by atoms with Crippen LogP contribution in [0.2, 0.25) is 0 Å². The third kappa shape index (κ3) is 4.62. The largest absolute Gasteiger partial charge is 0.493 e. The first-order chi connectivity index (χ1) is 16.3. The van der Waals surface area contributed by atoms with Gasteiger partial charge in [0.25, 0.3) is 0 Å². The normalized spacial score (nSPS) is 20.2. The van der Waals surface area contributed by atoms with Crippen LogP contribution >= 0.6 is 11.3 Å². The van der Waals surface area contributed by atoms with Gasteiger partial charge in [-0.1, -0.05) is 26.0 Å². The van der Waals surface area contributed by atoms with Gasteiger partial charge in [-0.2, -0.15) is 0 Å². The summed E-state index contributed by atoms with van der Waals surface area (Å²) >= 11 is 1.55. The lowest BCUT2D eigenvalue weighted by atomic mass is 9.73. The number of thiophene rings is 1. The van der Waals surface area contributed by atoms with Crippen molar-refractivity contribution < 1.29 is 23.8 Å². The molecule has 0 radical (unpaired) electrons. The Morgan fingerprint density at radius 3 is 2.56 bits per heavy atom. The van der Waals surface area contributed by atoms with E-state index in [9.17, 15) is 9.59 Å². The molecule has 1 N–H and O–H groups in total. The number of hydrogen-bond donors (Lipinski definition) is 1.